The molecule has 0 amide bonds. The molecule has 33 heteroatoms. The van der Waals surface area contributed by atoms with Gasteiger partial charge in [0.25, 0.3) is 0 Å². The molecule has 12 aromatic rings. The zero-order valence-corrected chi connectivity index (χ0v) is 73.6. The number of halogens is 12. The van der Waals surface area contributed by atoms with Crippen molar-refractivity contribution in [3.63, 3.8) is 0 Å². The fourth-order valence-electron chi connectivity index (χ4n) is 13.5. The van der Waals surface area contributed by atoms with E-state index in [9.17, 15) is 44.8 Å². The summed E-state index contributed by atoms with van der Waals surface area (Å²) in [5.41, 5.74) is 14.1. The second kappa shape index (κ2) is 49.1. The Bertz CT molecular complexity index is 5170. The predicted octanol–water partition coefficient (Wildman–Crippen LogP) is 21.8. The Labute approximate surface area is 723 Å². The minimum atomic E-state index is -4.69. The van der Waals surface area contributed by atoms with Crippen LogP contribution in [-0.2, 0) is 51.6 Å². The second-order valence-electron chi connectivity index (χ2n) is 29.4. The molecule has 6 heterocycles. The number of nitriles is 1. The molecule has 0 atom stereocenters. The van der Waals surface area contributed by atoms with Gasteiger partial charge in [-0.25, -0.2) is 13.2 Å². The van der Waals surface area contributed by atoms with Crippen LogP contribution in [0.15, 0.2) is 152 Å². The molecule has 0 bridgehead atoms. The fraction of sp³-hybridized carbons (Fsp3) is 0.382. The summed E-state index contributed by atoms with van der Waals surface area (Å²) in [5, 5.41) is 52.4. The van der Waals surface area contributed by atoms with Crippen LogP contribution in [0, 0.1) is 28.8 Å². The quantitative estimate of drug-likeness (QED) is 0.0215. The molecular weight excluding hydrogens is 1640 g/mol. The molecule has 0 unspecified atom stereocenters. The Balaban J connectivity index is 0.000000202. The third-order valence-electron chi connectivity index (χ3n) is 19.1. The third-order valence-corrected chi connectivity index (χ3v) is 19.8. The standard InChI is InChI=1S/C15H17ClF3N3.C15H17F4N3.2C15H20FN3O.C15H18N4.C14H17Cl2N3/c1-3-6-22(2)9-10-8-20-21-14(10)12-5-4-11(7-13(12)16)15(17,18)19;1-3-6-22(2)9-11-8-20-21-14(11)10-4-5-12(13(16)7-10)15(17,18)19;1-4-7-19(2)10-12-9-17-18-15(12)11-5-6-14(20-3)13(16)8-11;1-4-7-19(2)10-12-9-17-18-15(12)11-5-6-13(16)14(8-11)20-3;1-3-8-19(2)11-13-10-17-18-15(13)14-7-5-4-6-12(14)9-16;1-3-4-19(2)9-11-8-17-18-14(11)10-5-12(15)7-13(16)6-10/h2*4-5,7-8H,3,6,9H2,1-2H3,(H,20,21);2*5-6,8-9H,4,7,10H2,1-3H3,(H,17,18);4-7,10H,3,8,11H2,1-2H3,(H,17,18);5-8H,3-4,9H2,1-2H3,(H,17,18). The normalized spacial score (nSPS) is 11.4. The van der Waals surface area contributed by atoms with Gasteiger partial charge in [-0.1, -0.05) is 107 Å². The molecule has 12 rings (SSSR count). The van der Waals surface area contributed by atoms with Gasteiger partial charge in [0.15, 0.2) is 23.1 Å². The number of nitrogens with zero attached hydrogens (tertiary/aromatic N) is 13. The largest absolute Gasteiger partial charge is 0.494 e. The highest BCUT2D eigenvalue weighted by molar-refractivity contribution is 6.35. The molecule has 21 nitrogen and oxygen atoms in total. The van der Waals surface area contributed by atoms with E-state index in [0.29, 0.717) is 51.2 Å². The number of rotatable bonds is 32. The number of aromatic nitrogens is 12. The van der Waals surface area contributed by atoms with Gasteiger partial charge in [0, 0.05) is 116 Å². The van der Waals surface area contributed by atoms with Gasteiger partial charge in [-0.3, -0.25) is 30.6 Å². The van der Waals surface area contributed by atoms with Crippen LogP contribution in [0.4, 0.5) is 39.5 Å². The van der Waals surface area contributed by atoms with E-state index >= 15 is 0 Å². The van der Waals surface area contributed by atoms with Crippen LogP contribution >= 0.6 is 34.8 Å². The lowest BCUT2D eigenvalue weighted by molar-refractivity contribution is -0.140. The van der Waals surface area contributed by atoms with Crippen molar-refractivity contribution < 1.29 is 49.0 Å². The van der Waals surface area contributed by atoms with E-state index in [4.69, 9.17) is 44.3 Å². The van der Waals surface area contributed by atoms with Crippen LogP contribution in [0.25, 0.3) is 67.5 Å². The van der Waals surface area contributed by atoms with Gasteiger partial charge in [-0.2, -0.15) is 62.2 Å². The fourth-order valence-corrected chi connectivity index (χ4v) is 14.3. The zero-order valence-electron chi connectivity index (χ0n) is 71.3. The van der Waals surface area contributed by atoms with Gasteiger partial charge >= 0.3 is 12.4 Å². The SMILES string of the molecule is CCCN(C)Cc1cn[nH]c1-c1cc(Cl)cc(Cl)c1.CCCN(C)Cc1cn[nH]c1-c1ccc(C(F)(F)F)c(F)c1.CCCN(C)Cc1cn[nH]c1-c1ccc(C(F)(F)F)cc1Cl.CCCN(C)Cc1cn[nH]c1-c1ccc(F)c(OC)c1.CCCN(C)Cc1cn[nH]c1-c1ccc(OC)c(F)c1.CCCN(C)Cc1cn[nH]c1-c1ccccc1C#N. The molecular formula is C89H109Cl3F9N19O2. The Morgan fingerprint density at radius 3 is 1.06 bits per heavy atom. The first kappa shape index (κ1) is 98.8. The number of H-pyrrole nitrogens is 6. The number of alkyl halides is 6. The van der Waals surface area contributed by atoms with Gasteiger partial charge in [-0.15, -0.1) is 0 Å². The predicted molar refractivity (Wildman–Crippen MR) is 467 cm³/mol. The summed E-state index contributed by atoms with van der Waals surface area (Å²) in [6, 6.07) is 31.3. The van der Waals surface area contributed by atoms with Crippen LogP contribution < -0.4 is 9.47 Å². The molecule has 0 saturated heterocycles. The molecule has 0 aliphatic heterocycles. The van der Waals surface area contributed by atoms with Gasteiger partial charge in [0.05, 0.1) is 113 Å². The monoisotopic (exact) mass is 1750 g/mol. The lowest BCUT2D eigenvalue weighted by atomic mass is 10.0. The Morgan fingerprint density at radius 1 is 0.361 bits per heavy atom. The summed E-state index contributed by atoms with van der Waals surface area (Å²) in [4.78, 5) is 13.1. The average Bonchev–Trinajstić information content (AvgIpc) is 0.898. The highest BCUT2D eigenvalue weighted by Gasteiger charge is 2.35. The molecule has 656 valence electrons. The maximum atomic E-state index is 13.8. The van der Waals surface area contributed by atoms with Crippen molar-refractivity contribution in [3.8, 4) is 85.1 Å². The maximum Gasteiger partial charge on any atom is 0.419 e. The van der Waals surface area contributed by atoms with Crippen molar-refractivity contribution in [1.29, 1.82) is 5.26 Å². The first-order chi connectivity index (χ1) is 58.3. The van der Waals surface area contributed by atoms with E-state index in [1.165, 1.54) is 38.5 Å². The number of hydrogen-bond donors (Lipinski definition) is 6. The van der Waals surface area contributed by atoms with Crippen molar-refractivity contribution in [3.05, 3.63) is 235 Å². The molecule has 6 N–H and O–H groups in total. The molecule has 0 aliphatic carbocycles. The van der Waals surface area contributed by atoms with Gasteiger partial charge < -0.3 is 38.9 Å². The van der Waals surface area contributed by atoms with Crippen molar-refractivity contribution >= 4 is 34.8 Å². The molecule has 0 fully saturated rings. The number of methoxy groups -OCH3 is 2. The van der Waals surface area contributed by atoms with Gasteiger partial charge in [0.1, 0.15) is 5.82 Å². The first-order valence-electron chi connectivity index (χ1n) is 39.9. The summed E-state index contributed by atoms with van der Waals surface area (Å²) in [5.74, 6) is -1.52. The number of nitrogens with one attached hydrogen (secondary N) is 6. The lowest BCUT2D eigenvalue weighted by Gasteiger charge is -2.16. The molecule has 122 heavy (non-hydrogen) atoms. The third kappa shape index (κ3) is 29.7. The second-order valence-corrected chi connectivity index (χ2v) is 30.7. The summed E-state index contributed by atoms with van der Waals surface area (Å²) >= 11 is 18.1. The van der Waals surface area contributed by atoms with Crippen molar-refractivity contribution in [2.45, 2.75) is 132 Å². The van der Waals surface area contributed by atoms with Crippen molar-refractivity contribution in [1.82, 2.24) is 90.6 Å². The molecule has 0 aliphatic rings. The lowest BCUT2D eigenvalue weighted by Crippen LogP contribution is -2.18. The van der Waals surface area contributed by atoms with E-state index in [2.05, 4.69) is 166 Å². The number of ether oxygens (including phenoxy) is 2. The van der Waals surface area contributed by atoms with Crippen LogP contribution in [0.3, 0.4) is 0 Å². The maximum absolute atomic E-state index is 13.8. The molecule has 0 saturated carbocycles. The number of aromatic amines is 6. The average molecular weight is 1750 g/mol. The smallest absolute Gasteiger partial charge is 0.419 e. The molecule has 6 aromatic heterocycles. The van der Waals surface area contributed by atoms with E-state index in [-0.39, 0.29) is 28.2 Å². The Kier molecular flexibility index (Phi) is 39.7. The summed E-state index contributed by atoms with van der Waals surface area (Å²) < 4.78 is 127. The Morgan fingerprint density at radius 2 is 0.705 bits per heavy atom. The highest BCUT2D eigenvalue weighted by atomic mass is 35.5. The van der Waals surface area contributed by atoms with Crippen molar-refractivity contribution in [2.75, 3.05) is 95.8 Å². The van der Waals surface area contributed by atoms with E-state index in [0.717, 1.165) is 207 Å². The zero-order chi connectivity index (χ0) is 89.2. The highest BCUT2D eigenvalue weighted by Crippen LogP contribution is 2.39. The van der Waals surface area contributed by atoms with E-state index < -0.39 is 29.3 Å². The molecule has 6 aromatic carbocycles. The molecule has 0 spiro atoms. The Hall–Kier alpha value is -10.3. The summed E-state index contributed by atoms with van der Waals surface area (Å²) in [6.07, 6.45) is 7.96. The van der Waals surface area contributed by atoms with Gasteiger partial charge in [0.2, 0.25) is 0 Å². The first-order valence-corrected chi connectivity index (χ1v) is 41.1. The van der Waals surface area contributed by atoms with Crippen molar-refractivity contribution in [2.24, 2.45) is 0 Å². The molecule has 0 radical (unpaired) electrons. The summed E-state index contributed by atoms with van der Waals surface area (Å²) in [7, 11) is 15.2. The van der Waals surface area contributed by atoms with Crippen LogP contribution in [-0.4, -0.2) is 186 Å². The van der Waals surface area contributed by atoms with Crippen LogP contribution in [0.1, 0.15) is 130 Å². The topological polar surface area (TPSA) is 234 Å². The summed E-state index contributed by atoms with van der Waals surface area (Å²) in [6.45, 7) is 23.2. The van der Waals surface area contributed by atoms with Crippen LogP contribution in [0.2, 0.25) is 15.1 Å². The van der Waals surface area contributed by atoms with Crippen LogP contribution in [0.5, 0.6) is 11.5 Å². The minimum Gasteiger partial charge on any atom is -0.494 e. The van der Waals surface area contributed by atoms with E-state index in [1.807, 2.05) is 75.2 Å². The van der Waals surface area contributed by atoms with E-state index in [1.54, 1.807) is 42.9 Å². The minimum absolute atomic E-state index is 0.0541. The number of hydrogen-bond acceptors (Lipinski definition) is 15. The van der Waals surface area contributed by atoms with Gasteiger partial charge in [-0.05, 0) is 205 Å². The number of benzene rings is 6.